The SMILES string of the molecule is CCOC(=O)c1ccc(NC(=O)C(=O)N/N=C\c2ccc(OCC(=O)Nc3ccc(F)cc3)cc2)cc1. The van der Waals surface area contributed by atoms with Gasteiger partial charge in [-0.2, -0.15) is 5.10 Å². The second-order valence-electron chi connectivity index (χ2n) is 7.36. The van der Waals surface area contributed by atoms with Crippen molar-refractivity contribution in [2.45, 2.75) is 6.92 Å². The van der Waals surface area contributed by atoms with Crippen molar-refractivity contribution in [3.63, 3.8) is 0 Å². The Balaban J connectivity index is 1.41. The van der Waals surface area contributed by atoms with Crippen LogP contribution in [-0.4, -0.2) is 43.1 Å². The number of carbonyl (C=O) groups is 4. The van der Waals surface area contributed by atoms with Crippen LogP contribution in [-0.2, 0) is 19.1 Å². The van der Waals surface area contributed by atoms with Crippen LogP contribution >= 0.6 is 0 Å². The summed E-state index contributed by atoms with van der Waals surface area (Å²) in [6.45, 7) is 1.69. The molecule has 3 rings (SSSR count). The maximum Gasteiger partial charge on any atom is 0.338 e. The van der Waals surface area contributed by atoms with Crippen LogP contribution in [0.4, 0.5) is 15.8 Å². The van der Waals surface area contributed by atoms with Crippen molar-refractivity contribution in [2.75, 3.05) is 23.8 Å². The van der Waals surface area contributed by atoms with E-state index in [0.29, 0.717) is 28.3 Å². The average Bonchev–Trinajstić information content (AvgIpc) is 2.90. The van der Waals surface area contributed by atoms with Crippen LogP contribution in [0.25, 0.3) is 0 Å². The molecule has 3 N–H and O–H groups in total. The fourth-order valence-electron chi connectivity index (χ4n) is 2.84. The van der Waals surface area contributed by atoms with Crippen molar-refractivity contribution in [3.8, 4) is 5.75 Å². The molecule has 0 bridgehead atoms. The second kappa shape index (κ2) is 13.1. The van der Waals surface area contributed by atoms with Gasteiger partial charge in [-0.05, 0) is 85.3 Å². The lowest BCUT2D eigenvalue weighted by Gasteiger charge is -2.07. The van der Waals surface area contributed by atoms with Gasteiger partial charge in [0, 0.05) is 11.4 Å². The molecule has 3 amide bonds. The van der Waals surface area contributed by atoms with Gasteiger partial charge in [-0.3, -0.25) is 14.4 Å². The Kier molecular flexibility index (Phi) is 9.43. The van der Waals surface area contributed by atoms with Crippen LogP contribution in [0, 0.1) is 5.82 Å². The van der Waals surface area contributed by atoms with Gasteiger partial charge in [-0.15, -0.1) is 0 Å². The zero-order valence-corrected chi connectivity index (χ0v) is 19.7. The normalized spacial score (nSPS) is 10.4. The van der Waals surface area contributed by atoms with Gasteiger partial charge in [0.25, 0.3) is 5.91 Å². The lowest BCUT2D eigenvalue weighted by molar-refractivity contribution is -0.136. The Morgan fingerprint density at radius 3 is 2.11 bits per heavy atom. The minimum atomic E-state index is -0.988. The van der Waals surface area contributed by atoms with E-state index in [-0.39, 0.29) is 13.2 Å². The summed E-state index contributed by atoms with van der Waals surface area (Å²) in [6, 6.07) is 17.7. The summed E-state index contributed by atoms with van der Waals surface area (Å²) in [5, 5.41) is 8.72. The van der Waals surface area contributed by atoms with Gasteiger partial charge in [0.2, 0.25) is 0 Å². The number of anilines is 2. The highest BCUT2D eigenvalue weighted by Crippen LogP contribution is 2.13. The summed E-state index contributed by atoms with van der Waals surface area (Å²) in [6.07, 6.45) is 1.32. The molecule has 0 unspecified atom stereocenters. The first-order valence-electron chi connectivity index (χ1n) is 11.0. The third-order valence-electron chi connectivity index (χ3n) is 4.62. The minimum Gasteiger partial charge on any atom is -0.484 e. The van der Waals surface area contributed by atoms with Crippen LogP contribution in [0.15, 0.2) is 77.9 Å². The average molecular weight is 506 g/mol. The number of nitrogens with one attached hydrogen (secondary N) is 3. The first kappa shape index (κ1) is 26.5. The molecule has 11 heteroatoms. The first-order valence-corrected chi connectivity index (χ1v) is 11.0. The molecule has 3 aromatic rings. The van der Waals surface area contributed by atoms with E-state index in [2.05, 4.69) is 21.2 Å². The standard InChI is InChI=1S/C26H23FN4O6/c1-2-36-26(35)18-5-9-21(10-6-18)30-24(33)25(34)31-28-15-17-3-13-22(14-4-17)37-16-23(32)29-20-11-7-19(27)8-12-20/h3-15H,2,16H2,1H3,(H,29,32)(H,30,33)(H,31,34)/b28-15-. The zero-order valence-electron chi connectivity index (χ0n) is 19.7. The summed E-state index contributed by atoms with van der Waals surface area (Å²) in [4.78, 5) is 47.6. The number of hydrogen-bond donors (Lipinski definition) is 3. The molecule has 0 heterocycles. The molecule has 0 saturated heterocycles. The molecule has 0 saturated carbocycles. The summed E-state index contributed by atoms with van der Waals surface area (Å²) >= 11 is 0. The highest BCUT2D eigenvalue weighted by atomic mass is 19.1. The number of esters is 1. The maximum atomic E-state index is 12.9. The monoisotopic (exact) mass is 506 g/mol. The van der Waals surface area contributed by atoms with Gasteiger partial charge in [0.05, 0.1) is 18.4 Å². The molecule has 3 aromatic carbocycles. The summed E-state index contributed by atoms with van der Waals surface area (Å²) in [7, 11) is 0. The molecule has 0 aliphatic heterocycles. The molecule has 0 atom stereocenters. The molecule has 0 radical (unpaired) electrons. The quantitative estimate of drug-likeness (QED) is 0.177. The van der Waals surface area contributed by atoms with Crippen molar-refractivity contribution >= 4 is 41.3 Å². The Morgan fingerprint density at radius 1 is 0.838 bits per heavy atom. The molecular weight excluding hydrogens is 483 g/mol. The predicted octanol–water partition coefficient (Wildman–Crippen LogP) is 3.11. The number of halogens is 1. The van der Waals surface area contributed by atoms with Crippen LogP contribution in [0.1, 0.15) is 22.8 Å². The van der Waals surface area contributed by atoms with E-state index < -0.39 is 29.5 Å². The Hall–Kier alpha value is -5.06. The predicted molar refractivity (Wildman–Crippen MR) is 134 cm³/mol. The summed E-state index contributed by atoms with van der Waals surface area (Å²) < 4.78 is 23.2. The van der Waals surface area contributed by atoms with E-state index in [1.165, 1.54) is 54.7 Å². The van der Waals surface area contributed by atoms with E-state index in [4.69, 9.17) is 9.47 Å². The molecule has 10 nitrogen and oxygen atoms in total. The number of rotatable bonds is 9. The molecule has 37 heavy (non-hydrogen) atoms. The largest absolute Gasteiger partial charge is 0.484 e. The topological polar surface area (TPSA) is 135 Å². The van der Waals surface area contributed by atoms with Crippen molar-refractivity contribution < 1.29 is 33.0 Å². The van der Waals surface area contributed by atoms with E-state index in [0.717, 1.165) is 0 Å². The van der Waals surface area contributed by atoms with Crippen molar-refractivity contribution in [1.82, 2.24) is 5.43 Å². The fourth-order valence-corrected chi connectivity index (χ4v) is 2.84. The van der Waals surface area contributed by atoms with Crippen molar-refractivity contribution in [1.29, 1.82) is 0 Å². The molecule has 0 fully saturated rings. The van der Waals surface area contributed by atoms with Crippen LogP contribution < -0.4 is 20.8 Å². The highest BCUT2D eigenvalue weighted by Gasteiger charge is 2.13. The van der Waals surface area contributed by atoms with E-state index in [9.17, 15) is 23.6 Å². The van der Waals surface area contributed by atoms with Crippen LogP contribution in [0.2, 0.25) is 0 Å². The summed E-state index contributed by atoms with van der Waals surface area (Å²) in [5.74, 6) is -2.81. The number of ether oxygens (including phenoxy) is 2. The zero-order chi connectivity index (χ0) is 26.6. The van der Waals surface area contributed by atoms with E-state index in [1.54, 1.807) is 31.2 Å². The second-order valence-corrected chi connectivity index (χ2v) is 7.36. The first-order chi connectivity index (χ1) is 17.8. The molecule has 0 spiro atoms. The smallest absolute Gasteiger partial charge is 0.338 e. The third kappa shape index (κ3) is 8.58. The van der Waals surface area contributed by atoms with Crippen molar-refractivity contribution in [3.05, 3.63) is 89.7 Å². The lowest BCUT2D eigenvalue weighted by Crippen LogP contribution is -2.32. The number of carbonyl (C=O) groups excluding carboxylic acids is 4. The van der Waals surface area contributed by atoms with Crippen molar-refractivity contribution in [2.24, 2.45) is 5.10 Å². The number of hydrazone groups is 1. The fraction of sp³-hybridized carbons (Fsp3) is 0.115. The third-order valence-corrected chi connectivity index (χ3v) is 4.62. The van der Waals surface area contributed by atoms with Gasteiger partial charge in [0.1, 0.15) is 11.6 Å². The molecule has 0 aromatic heterocycles. The van der Waals surface area contributed by atoms with Crippen LogP contribution in [0.5, 0.6) is 5.75 Å². The van der Waals surface area contributed by atoms with Gasteiger partial charge in [-0.25, -0.2) is 14.6 Å². The highest BCUT2D eigenvalue weighted by molar-refractivity contribution is 6.39. The van der Waals surface area contributed by atoms with Gasteiger partial charge >= 0.3 is 17.8 Å². The number of nitrogens with zero attached hydrogens (tertiary/aromatic N) is 1. The van der Waals surface area contributed by atoms with Gasteiger partial charge < -0.3 is 20.1 Å². The Bertz CT molecular complexity index is 1280. The number of benzene rings is 3. The molecule has 190 valence electrons. The maximum absolute atomic E-state index is 12.9. The minimum absolute atomic E-state index is 0.245. The van der Waals surface area contributed by atoms with Gasteiger partial charge in [-0.1, -0.05) is 0 Å². The van der Waals surface area contributed by atoms with E-state index in [1.807, 2.05) is 0 Å². The van der Waals surface area contributed by atoms with Gasteiger partial charge in [0.15, 0.2) is 6.61 Å². The molecule has 0 aliphatic rings. The number of hydrogen-bond acceptors (Lipinski definition) is 7. The lowest BCUT2D eigenvalue weighted by atomic mass is 10.2. The Labute approximate surface area is 211 Å². The number of amides is 3. The van der Waals surface area contributed by atoms with Crippen LogP contribution in [0.3, 0.4) is 0 Å². The van der Waals surface area contributed by atoms with E-state index >= 15 is 0 Å². The molecular formula is C26H23FN4O6. The molecule has 0 aliphatic carbocycles. The Morgan fingerprint density at radius 2 is 1.46 bits per heavy atom. The summed E-state index contributed by atoms with van der Waals surface area (Å²) in [5.41, 5.74) is 3.80.